The highest BCUT2D eigenvalue weighted by Gasteiger charge is 2.50. The fourth-order valence-electron chi connectivity index (χ4n) is 2.29. The number of hydrogen-bond donors (Lipinski definition) is 1. The summed E-state index contributed by atoms with van der Waals surface area (Å²) in [5.74, 6) is 0.792. The molecule has 0 unspecified atom stereocenters. The third-order valence-electron chi connectivity index (χ3n) is 5.12. The summed E-state index contributed by atoms with van der Waals surface area (Å²) in [6.45, 7) is 14.1. The average Bonchev–Trinajstić information content (AvgIpc) is 3.25. The molecule has 1 aromatic rings. The van der Waals surface area contributed by atoms with Crippen LogP contribution in [0.1, 0.15) is 46.1 Å². The normalized spacial score (nSPS) is 16.6. The Morgan fingerprint density at radius 3 is 2.50 bits per heavy atom. The van der Waals surface area contributed by atoms with Crippen LogP contribution in [0, 0.1) is 0 Å². The fraction of sp³-hybridized carbons (Fsp3) is 0.632. The SMILES string of the molecule is CCOC(=O)C1(NCc2cccc(O[Si](C)(C)C(C)(C)C)c2)CC1. The molecule has 0 aliphatic heterocycles. The van der Waals surface area contributed by atoms with Crippen molar-refractivity contribution in [2.45, 2.75) is 70.8 Å². The quantitative estimate of drug-likeness (QED) is 0.590. The number of rotatable bonds is 7. The monoisotopic (exact) mass is 349 g/mol. The van der Waals surface area contributed by atoms with Gasteiger partial charge in [-0.1, -0.05) is 32.9 Å². The minimum Gasteiger partial charge on any atom is -0.543 e. The standard InChI is InChI=1S/C19H31NO3Si/c1-7-22-17(21)19(11-12-19)20-14-15-9-8-10-16(13-15)23-24(5,6)18(2,3)4/h8-10,13,20H,7,11-12,14H2,1-6H3. The van der Waals surface area contributed by atoms with E-state index in [-0.39, 0.29) is 11.0 Å². The van der Waals surface area contributed by atoms with Gasteiger partial charge in [0.05, 0.1) is 6.61 Å². The van der Waals surface area contributed by atoms with Crippen LogP contribution < -0.4 is 9.74 Å². The molecule has 0 bridgehead atoms. The van der Waals surface area contributed by atoms with Crippen LogP contribution in [-0.2, 0) is 16.1 Å². The lowest BCUT2D eigenvalue weighted by atomic mass is 10.2. The second kappa shape index (κ2) is 6.88. The lowest BCUT2D eigenvalue weighted by Crippen LogP contribution is -2.43. The van der Waals surface area contributed by atoms with Gasteiger partial charge in [0, 0.05) is 6.54 Å². The van der Waals surface area contributed by atoms with Crippen molar-refractivity contribution in [2.24, 2.45) is 0 Å². The Hall–Kier alpha value is -1.33. The Balaban J connectivity index is 2.00. The number of ether oxygens (including phenoxy) is 1. The van der Waals surface area contributed by atoms with Crippen LogP contribution in [0.15, 0.2) is 24.3 Å². The fourth-order valence-corrected chi connectivity index (χ4v) is 3.31. The van der Waals surface area contributed by atoms with Crippen LogP contribution in [0.25, 0.3) is 0 Å². The number of carbonyl (C=O) groups excluding carboxylic acids is 1. The second-order valence-electron chi connectivity index (χ2n) is 8.17. The maximum atomic E-state index is 12.0. The molecule has 0 aromatic heterocycles. The summed E-state index contributed by atoms with van der Waals surface area (Å²) >= 11 is 0. The van der Waals surface area contributed by atoms with Crippen LogP contribution in [-0.4, -0.2) is 26.4 Å². The third kappa shape index (κ3) is 4.39. The molecule has 0 radical (unpaired) electrons. The first-order valence-corrected chi connectivity index (χ1v) is 11.7. The van der Waals surface area contributed by atoms with Gasteiger partial charge in [0.1, 0.15) is 11.3 Å². The topological polar surface area (TPSA) is 47.6 Å². The van der Waals surface area contributed by atoms with Crippen molar-refractivity contribution < 1.29 is 14.0 Å². The van der Waals surface area contributed by atoms with Crippen LogP contribution in [0.4, 0.5) is 0 Å². The molecule has 0 spiro atoms. The summed E-state index contributed by atoms with van der Waals surface area (Å²) in [6.07, 6.45) is 1.71. The van der Waals surface area contributed by atoms with Crippen molar-refractivity contribution in [2.75, 3.05) is 6.61 Å². The predicted octanol–water partition coefficient (Wildman–Crippen LogP) is 4.26. The Morgan fingerprint density at radius 1 is 1.29 bits per heavy atom. The van der Waals surface area contributed by atoms with Crippen molar-refractivity contribution in [3.05, 3.63) is 29.8 Å². The molecule has 0 amide bonds. The molecule has 2 rings (SSSR count). The predicted molar refractivity (Wildman–Crippen MR) is 99.7 cm³/mol. The van der Waals surface area contributed by atoms with E-state index in [2.05, 4.69) is 51.3 Å². The molecule has 134 valence electrons. The molecule has 5 heteroatoms. The molecule has 1 saturated carbocycles. The zero-order chi connectivity index (χ0) is 18.0. The van der Waals surface area contributed by atoms with Crippen LogP contribution in [0.5, 0.6) is 5.75 Å². The number of carbonyl (C=O) groups is 1. The summed E-state index contributed by atoms with van der Waals surface area (Å²) in [5.41, 5.74) is 0.661. The van der Waals surface area contributed by atoms with Gasteiger partial charge in [-0.05, 0) is 55.6 Å². The van der Waals surface area contributed by atoms with Gasteiger partial charge in [0.15, 0.2) is 0 Å². The van der Waals surface area contributed by atoms with Gasteiger partial charge in [-0.15, -0.1) is 0 Å². The zero-order valence-corrected chi connectivity index (χ0v) is 16.9. The maximum Gasteiger partial charge on any atom is 0.326 e. The van der Waals surface area contributed by atoms with E-state index >= 15 is 0 Å². The third-order valence-corrected chi connectivity index (χ3v) is 9.48. The molecular formula is C19H31NO3Si. The molecule has 1 fully saturated rings. The lowest BCUT2D eigenvalue weighted by Gasteiger charge is -2.36. The molecule has 1 N–H and O–H groups in total. The summed E-state index contributed by atoms with van der Waals surface area (Å²) < 4.78 is 11.5. The van der Waals surface area contributed by atoms with Crippen molar-refractivity contribution in [3.63, 3.8) is 0 Å². The molecule has 1 aliphatic rings. The van der Waals surface area contributed by atoms with Crippen LogP contribution >= 0.6 is 0 Å². The number of nitrogens with one attached hydrogen (secondary N) is 1. The van der Waals surface area contributed by atoms with E-state index in [4.69, 9.17) is 9.16 Å². The first kappa shape index (κ1) is 19.0. The highest BCUT2D eigenvalue weighted by molar-refractivity contribution is 6.74. The van der Waals surface area contributed by atoms with E-state index in [1.165, 1.54) is 0 Å². The molecule has 1 aromatic carbocycles. The summed E-state index contributed by atoms with van der Waals surface area (Å²) in [5, 5.41) is 3.54. The van der Waals surface area contributed by atoms with E-state index in [9.17, 15) is 4.79 Å². The Labute approximate surface area is 147 Å². The van der Waals surface area contributed by atoms with Gasteiger partial charge in [0.2, 0.25) is 8.32 Å². The number of benzene rings is 1. The van der Waals surface area contributed by atoms with E-state index in [1.807, 2.05) is 19.1 Å². The molecular weight excluding hydrogens is 318 g/mol. The van der Waals surface area contributed by atoms with E-state index in [0.717, 1.165) is 24.2 Å². The number of hydrogen-bond acceptors (Lipinski definition) is 4. The Kier molecular flexibility index (Phi) is 5.45. The molecule has 1 aliphatic carbocycles. The first-order chi connectivity index (χ1) is 11.1. The smallest absolute Gasteiger partial charge is 0.326 e. The minimum absolute atomic E-state index is 0.126. The number of esters is 1. The van der Waals surface area contributed by atoms with Crippen molar-refractivity contribution in [1.82, 2.24) is 5.32 Å². The summed E-state index contributed by atoms with van der Waals surface area (Å²) in [7, 11) is -1.84. The van der Waals surface area contributed by atoms with Crippen molar-refractivity contribution >= 4 is 14.3 Å². The molecule has 0 atom stereocenters. The average molecular weight is 350 g/mol. The molecule has 0 saturated heterocycles. The molecule has 0 heterocycles. The summed E-state index contributed by atoms with van der Waals surface area (Å²) in [6, 6.07) is 8.17. The van der Waals surface area contributed by atoms with Gasteiger partial charge < -0.3 is 9.16 Å². The lowest BCUT2D eigenvalue weighted by molar-refractivity contribution is -0.147. The maximum absolute atomic E-state index is 12.0. The molecule has 24 heavy (non-hydrogen) atoms. The van der Waals surface area contributed by atoms with Crippen molar-refractivity contribution in [1.29, 1.82) is 0 Å². The van der Waals surface area contributed by atoms with E-state index in [1.54, 1.807) is 0 Å². The second-order valence-corrected chi connectivity index (χ2v) is 12.9. The van der Waals surface area contributed by atoms with Gasteiger partial charge in [-0.25, -0.2) is 0 Å². The van der Waals surface area contributed by atoms with Crippen molar-refractivity contribution in [3.8, 4) is 5.75 Å². The van der Waals surface area contributed by atoms with Crippen LogP contribution in [0.3, 0.4) is 0 Å². The highest BCUT2D eigenvalue weighted by atomic mass is 28.4. The van der Waals surface area contributed by atoms with E-state index in [0.29, 0.717) is 13.2 Å². The van der Waals surface area contributed by atoms with Gasteiger partial charge >= 0.3 is 5.97 Å². The largest absolute Gasteiger partial charge is 0.543 e. The zero-order valence-electron chi connectivity index (χ0n) is 15.9. The van der Waals surface area contributed by atoms with Gasteiger partial charge in [-0.2, -0.15) is 0 Å². The summed E-state index contributed by atoms with van der Waals surface area (Å²) in [4.78, 5) is 12.0. The Bertz CT molecular complexity index is 589. The van der Waals surface area contributed by atoms with Gasteiger partial charge in [-0.3, -0.25) is 10.1 Å². The highest BCUT2D eigenvalue weighted by Crippen LogP contribution is 2.38. The molecule has 4 nitrogen and oxygen atoms in total. The first-order valence-electron chi connectivity index (χ1n) is 8.80. The Morgan fingerprint density at radius 2 is 1.96 bits per heavy atom. The minimum atomic E-state index is -1.84. The van der Waals surface area contributed by atoms with Gasteiger partial charge in [0.25, 0.3) is 0 Å². The van der Waals surface area contributed by atoms with E-state index < -0.39 is 13.9 Å². The van der Waals surface area contributed by atoms with Crippen LogP contribution in [0.2, 0.25) is 18.1 Å².